The van der Waals surface area contributed by atoms with Crippen molar-refractivity contribution in [2.45, 2.75) is 25.8 Å². The van der Waals surface area contributed by atoms with Crippen molar-refractivity contribution in [3.05, 3.63) is 47.8 Å². The molecule has 1 amide bonds. The van der Waals surface area contributed by atoms with Gasteiger partial charge in [-0.2, -0.15) is 0 Å². The summed E-state index contributed by atoms with van der Waals surface area (Å²) in [6, 6.07) is 7.14. The highest BCUT2D eigenvalue weighted by atomic mass is 16.5. The van der Waals surface area contributed by atoms with Gasteiger partial charge in [-0.1, -0.05) is 12.1 Å². The fraction of sp³-hybridized carbons (Fsp3) is 0.294. The van der Waals surface area contributed by atoms with Gasteiger partial charge >= 0.3 is 5.97 Å². The van der Waals surface area contributed by atoms with Gasteiger partial charge in [-0.3, -0.25) is 4.79 Å². The van der Waals surface area contributed by atoms with Gasteiger partial charge in [0.25, 0.3) is 5.91 Å². The highest BCUT2D eigenvalue weighted by Crippen LogP contribution is 2.22. The van der Waals surface area contributed by atoms with Crippen LogP contribution in [-0.2, 0) is 4.74 Å². The molecule has 124 valence electrons. The second kappa shape index (κ2) is 7.08. The van der Waals surface area contributed by atoms with Gasteiger partial charge in [-0.25, -0.2) is 14.8 Å². The van der Waals surface area contributed by atoms with Gasteiger partial charge in [0.1, 0.15) is 0 Å². The summed E-state index contributed by atoms with van der Waals surface area (Å²) in [5.74, 6) is -0.348. The van der Waals surface area contributed by atoms with Crippen LogP contribution in [0.1, 0.15) is 40.5 Å². The van der Waals surface area contributed by atoms with E-state index in [2.05, 4.69) is 20.6 Å². The maximum absolute atomic E-state index is 12.3. The molecule has 7 nitrogen and oxygen atoms in total. The number of benzene rings is 1. The fourth-order valence-electron chi connectivity index (χ4n) is 2.10. The Bertz CT molecular complexity index is 742. The molecule has 1 aromatic carbocycles. The van der Waals surface area contributed by atoms with Gasteiger partial charge < -0.3 is 15.4 Å². The van der Waals surface area contributed by atoms with Crippen LogP contribution >= 0.6 is 0 Å². The van der Waals surface area contributed by atoms with Crippen LogP contribution in [0.3, 0.4) is 0 Å². The summed E-state index contributed by atoms with van der Waals surface area (Å²) in [6.45, 7) is 2.00. The van der Waals surface area contributed by atoms with Crippen LogP contribution in [0.5, 0.6) is 0 Å². The van der Waals surface area contributed by atoms with E-state index in [9.17, 15) is 9.59 Å². The van der Waals surface area contributed by atoms with E-state index in [0.29, 0.717) is 28.8 Å². The minimum absolute atomic E-state index is 0.268. The number of ether oxygens (including phenoxy) is 1. The van der Waals surface area contributed by atoms with Crippen LogP contribution in [0.4, 0.5) is 11.6 Å². The normalized spacial score (nSPS) is 13.2. The number of nitrogens with zero attached hydrogens (tertiary/aromatic N) is 2. The number of para-hydroxylation sites is 1. The largest absolute Gasteiger partial charge is 0.462 e. The molecule has 0 radical (unpaired) electrons. The third-order valence-corrected chi connectivity index (χ3v) is 3.50. The van der Waals surface area contributed by atoms with E-state index in [1.54, 1.807) is 31.2 Å². The molecule has 0 spiro atoms. The molecule has 2 aromatic rings. The van der Waals surface area contributed by atoms with E-state index in [4.69, 9.17) is 4.74 Å². The number of rotatable bonds is 6. The first-order valence-electron chi connectivity index (χ1n) is 7.83. The standard InChI is InChI=1S/C17H18N4O3/c1-2-24-16(23)13-5-3-4-6-14(13)21-15(22)11-9-18-17(19-10-11)20-12-7-8-12/h3-6,9-10,12H,2,7-8H2,1H3,(H,21,22)(H,18,19,20). The Labute approximate surface area is 139 Å². The van der Waals surface area contributed by atoms with E-state index >= 15 is 0 Å². The van der Waals surface area contributed by atoms with E-state index in [1.165, 1.54) is 12.4 Å². The zero-order valence-electron chi connectivity index (χ0n) is 13.3. The van der Waals surface area contributed by atoms with Crippen LogP contribution in [-0.4, -0.2) is 34.5 Å². The number of carbonyl (C=O) groups is 2. The molecule has 7 heteroatoms. The molecule has 1 aromatic heterocycles. The Hall–Kier alpha value is -2.96. The quantitative estimate of drug-likeness (QED) is 0.792. The zero-order chi connectivity index (χ0) is 16.9. The second-order valence-corrected chi connectivity index (χ2v) is 5.43. The monoisotopic (exact) mass is 326 g/mol. The highest BCUT2D eigenvalue weighted by molar-refractivity contribution is 6.07. The summed E-state index contributed by atoms with van der Waals surface area (Å²) in [7, 11) is 0. The molecule has 0 atom stereocenters. The molecule has 1 aliphatic carbocycles. The molecule has 0 aliphatic heterocycles. The SMILES string of the molecule is CCOC(=O)c1ccccc1NC(=O)c1cnc(NC2CC2)nc1. The number of esters is 1. The van der Waals surface area contributed by atoms with Crippen LogP contribution in [0, 0.1) is 0 Å². The Morgan fingerprint density at radius 3 is 2.58 bits per heavy atom. The first-order chi connectivity index (χ1) is 11.7. The number of anilines is 2. The van der Waals surface area contributed by atoms with Crippen LogP contribution < -0.4 is 10.6 Å². The van der Waals surface area contributed by atoms with Crippen molar-refractivity contribution in [2.24, 2.45) is 0 Å². The van der Waals surface area contributed by atoms with Crippen molar-refractivity contribution >= 4 is 23.5 Å². The molecule has 0 unspecified atom stereocenters. The fourth-order valence-corrected chi connectivity index (χ4v) is 2.10. The van der Waals surface area contributed by atoms with E-state index in [-0.39, 0.29) is 12.5 Å². The topological polar surface area (TPSA) is 93.2 Å². The summed E-state index contributed by atoms with van der Waals surface area (Å²) in [4.78, 5) is 32.5. The minimum atomic E-state index is -0.478. The first kappa shape index (κ1) is 15.9. The van der Waals surface area contributed by atoms with Crippen molar-refractivity contribution in [3.8, 4) is 0 Å². The maximum atomic E-state index is 12.3. The van der Waals surface area contributed by atoms with Crippen molar-refractivity contribution in [2.75, 3.05) is 17.2 Å². The highest BCUT2D eigenvalue weighted by Gasteiger charge is 2.22. The average Bonchev–Trinajstić information content (AvgIpc) is 3.40. The number of carbonyl (C=O) groups excluding carboxylic acids is 2. The summed E-state index contributed by atoms with van der Waals surface area (Å²) >= 11 is 0. The van der Waals surface area contributed by atoms with Gasteiger partial charge in [0, 0.05) is 18.4 Å². The zero-order valence-corrected chi connectivity index (χ0v) is 13.3. The van der Waals surface area contributed by atoms with Crippen molar-refractivity contribution in [1.29, 1.82) is 0 Å². The predicted octanol–water partition coefficient (Wildman–Crippen LogP) is 2.48. The molecular weight excluding hydrogens is 308 g/mol. The Kier molecular flexibility index (Phi) is 4.69. The van der Waals surface area contributed by atoms with Crippen molar-refractivity contribution < 1.29 is 14.3 Å². The maximum Gasteiger partial charge on any atom is 0.340 e. The first-order valence-corrected chi connectivity index (χ1v) is 7.83. The van der Waals surface area contributed by atoms with Gasteiger partial charge in [0.15, 0.2) is 0 Å². The van der Waals surface area contributed by atoms with Gasteiger partial charge in [0.2, 0.25) is 5.95 Å². The number of amides is 1. The molecule has 1 fully saturated rings. The Morgan fingerprint density at radius 2 is 1.92 bits per heavy atom. The predicted molar refractivity (Wildman–Crippen MR) is 89.0 cm³/mol. The smallest absolute Gasteiger partial charge is 0.340 e. The van der Waals surface area contributed by atoms with Crippen molar-refractivity contribution in [1.82, 2.24) is 9.97 Å². The second-order valence-electron chi connectivity index (χ2n) is 5.43. The molecule has 0 bridgehead atoms. The Balaban J connectivity index is 1.71. The van der Waals surface area contributed by atoms with Gasteiger partial charge in [-0.15, -0.1) is 0 Å². The molecule has 3 rings (SSSR count). The van der Waals surface area contributed by atoms with Gasteiger partial charge in [0.05, 0.1) is 23.4 Å². The van der Waals surface area contributed by atoms with E-state index in [0.717, 1.165) is 12.8 Å². The molecule has 1 aliphatic rings. The van der Waals surface area contributed by atoms with Crippen LogP contribution in [0.15, 0.2) is 36.7 Å². The van der Waals surface area contributed by atoms with E-state index < -0.39 is 5.97 Å². The third-order valence-electron chi connectivity index (χ3n) is 3.50. The lowest BCUT2D eigenvalue weighted by atomic mass is 10.1. The lowest BCUT2D eigenvalue weighted by molar-refractivity contribution is 0.0527. The minimum Gasteiger partial charge on any atom is -0.462 e. The lowest BCUT2D eigenvalue weighted by Crippen LogP contribution is -2.16. The number of hydrogen-bond acceptors (Lipinski definition) is 6. The molecular formula is C17H18N4O3. The molecule has 1 saturated carbocycles. The molecule has 0 saturated heterocycles. The third kappa shape index (κ3) is 3.87. The number of hydrogen-bond donors (Lipinski definition) is 2. The number of nitrogens with one attached hydrogen (secondary N) is 2. The Morgan fingerprint density at radius 1 is 1.21 bits per heavy atom. The average molecular weight is 326 g/mol. The molecule has 1 heterocycles. The number of aromatic nitrogens is 2. The van der Waals surface area contributed by atoms with Gasteiger partial charge in [-0.05, 0) is 31.9 Å². The summed E-state index contributed by atoms with van der Waals surface area (Å²) in [5, 5.41) is 5.85. The van der Waals surface area contributed by atoms with Crippen LogP contribution in [0.25, 0.3) is 0 Å². The summed E-state index contributed by atoms with van der Waals surface area (Å²) in [5.41, 5.74) is 1.01. The van der Waals surface area contributed by atoms with Crippen LogP contribution in [0.2, 0.25) is 0 Å². The molecule has 2 N–H and O–H groups in total. The van der Waals surface area contributed by atoms with Crippen molar-refractivity contribution in [3.63, 3.8) is 0 Å². The lowest BCUT2D eigenvalue weighted by Gasteiger charge is -2.10. The molecule has 24 heavy (non-hydrogen) atoms. The summed E-state index contributed by atoms with van der Waals surface area (Å²) in [6.07, 6.45) is 5.16. The summed E-state index contributed by atoms with van der Waals surface area (Å²) < 4.78 is 4.99. The van der Waals surface area contributed by atoms with E-state index in [1.807, 2.05) is 0 Å².